The Bertz CT molecular complexity index is 846. The number of rotatable bonds is 4. The third-order valence-corrected chi connectivity index (χ3v) is 5.40. The lowest BCUT2D eigenvalue weighted by Crippen LogP contribution is -2.40. The van der Waals surface area contributed by atoms with Crippen LogP contribution in [0.3, 0.4) is 0 Å². The van der Waals surface area contributed by atoms with E-state index in [1.54, 1.807) is 0 Å². The molecule has 0 saturated carbocycles. The van der Waals surface area contributed by atoms with Crippen LogP contribution in [0.1, 0.15) is 44.5 Å². The maximum Gasteiger partial charge on any atom is 0.332 e. The lowest BCUT2D eigenvalue weighted by Gasteiger charge is -2.27. The van der Waals surface area contributed by atoms with Gasteiger partial charge in [0, 0.05) is 13.1 Å². The van der Waals surface area contributed by atoms with Gasteiger partial charge in [0.15, 0.2) is 6.10 Å². The number of amides is 1. The summed E-state index contributed by atoms with van der Waals surface area (Å²) in [7, 11) is 0. The molecule has 0 radical (unpaired) electrons. The Morgan fingerprint density at radius 1 is 1.23 bits per heavy atom. The molecule has 1 amide bonds. The number of likely N-dealkylation sites (tertiary alicyclic amines) is 1. The number of aryl methyl sites for hydroxylation is 1. The number of nitrogens with zero attached hydrogens (tertiary/aromatic N) is 3. The highest BCUT2D eigenvalue weighted by atomic mass is 16.5. The third-order valence-electron chi connectivity index (χ3n) is 5.40. The molecule has 1 N–H and O–H groups in total. The number of fused-ring (bicyclic) bond motifs is 1. The maximum atomic E-state index is 13.0. The molecule has 1 unspecified atom stereocenters. The van der Waals surface area contributed by atoms with E-state index in [0.29, 0.717) is 19.4 Å². The molecular weight excluding hydrogens is 334 g/mol. The first kappa shape index (κ1) is 17.0. The summed E-state index contributed by atoms with van der Waals surface area (Å²) in [6.45, 7) is 3.53. The second-order valence-corrected chi connectivity index (χ2v) is 6.92. The fraction of sp³-hybridized carbons (Fsp3) is 0.526. The summed E-state index contributed by atoms with van der Waals surface area (Å²) in [6.07, 6.45) is 1.10. The Morgan fingerprint density at radius 2 is 2.00 bits per heavy atom. The molecule has 4 rings (SSSR count). The number of aromatic nitrogens is 2. The number of carbonyl (C=O) groups excluding carboxylic acids is 1. The van der Waals surface area contributed by atoms with Crippen LogP contribution in [0.15, 0.2) is 24.3 Å². The smallest absolute Gasteiger partial charge is 0.332 e. The summed E-state index contributed by atoms with van der Waals surface area (Å²) in [5.41, 5.74) is 2.01. The van der Waals surface area contributed by atoms with Crippen molar-refractivity contribution in [3.8, 4) is 0 Å². The highest BCUT2D eigenvalue weighted by Crippen LogP contribution is 2.35. The van der Waals surface area contributed by atoms with E-state index >= 15 is 0 Å². The van der Waals surface area contributed by atoms with E-state index < -0.39 is 18.2 Å². The zero-order chi connectivity index (χ0) is 18.3. The van der Waals surface area contributed by atoms with Gasteiger partial charge in [-0.3, -0.25) is 4.79 Å². The molecule has 2 aromatic rings. The van der Waals surface area contributed by atoms with E-state index in [0.717, 1.165) is 36.2 Å². The fourth-order valence-electron chi connectivity index (χ4n) is 4.17. The number of para-hydroxylation sites is 2. The quantitative estimate of drug-likeness (QED) is 0.908. The minimum absolute atomic E-state index is 0.0812. The molecule has 0 bridgehead atoms. The summed E-state index contributed by atoms with van der Waals surface area (Å²) >= 11 is 0. The third kappa shape index (κ3) is 2.76. The molecule has 1 aromatic heterocycles. The average Bonchev–Trinajstić information content (AvgIpc) is 3.37. The van der Waals surface area contributed by atoms with E-state index in [1.165, 1.54) is 0 Å². The van der Waals surface area contributed by atoms with Gasteiger partial charge >= 0.3 is 5.97 Å². The van der Waals surface area contributed by atoms with Gasteiger partial charge in [0.2, 0.25) is 0 Å². The molecule has 1 aromatic carbocycles. The summed E-state index contributed by atoms with van der Waals surface area (Å²) in [5.74, 6) is -0.190. The van der Waals surface area contributed by atoms with Crippen molar-refractivity contribution in [2.24, 2.45) is 0 Å². The van der Waals surface area contributed by atoms with Crippen molar-refractivity contribution < 1.29 is 19.4 Å². The molecule has 3 heterocycles. The number of hydrogen-bond acceptors (Lipinski definition) is 4. The van der Waals surface area contributed by atoms with Crippen molar-refractivity contribution in [3.05, 3.63) is 30.1 Å². The number of hydrogen-bond donors (Lipinski definition) is 1. The number of carboxylic acid groups (broad SMARTS) is 1. The van der Waals surface area contributed by atoms with Gasteiger partial charge in [-0.05, 0) is 44.7 Å². The Hall–Kier alpha value is -2.41. The lowest BCUT2D eigenvalue weighted by molar-refractivity contribution is -0.155. The first-order chi connectivity index (χ1) is 12.6. The minimum atomic E-state index is -0.994. The van der Waals surface area contributed by atoms with Gasteiger partial charge in [0.25, 0.3) is 5.91 Å². The van der Waals surface area contributed by atoms with Crippen LogP contribution in [0.4, 0.5) is 0 Å². The van der Waals surface area contributed by atoms with Crippen LogP contribution in [-0.2, 0) is 20.9 Å². The highest BCUT2D eigenvalue weighted by Gasteiger charge is 2.41. The fourth-order valence-corrected chi connectivity index (χ4v) is 4.17. The molecule has 138 valence electrons. The van der Waals surface area contributed by atoms with E-state index in [1.807, 2.05) is 29.2 Å². The second kappa shape index (κ2) is 6.72. The summed E-state index contributed by atoms with van der Waals surface area (Å²) < 4.78 is 7.65. The molecule has 7 nitrogen and oxygen atoms in total. The summed E-state index contributed by atoms with van der Waals surface area (Å²) in [4.78, 5) is 30.7. The SMILES string of the molecule is CCn1c(C2CCCN2C(=O)[C@@H]2CC[C@H](C(=O)O)O2)nc2ccccc21. The zero-order valence-corrected chi connectivity index (χ0v) is 14.8. The minimum Gasteiger partial charge on any atom is -0.479 e. The van der Waals surface area contributed by atoms with Crippen LogP contribution >= 0.6 is 0 Å². The van der Waals surface area contributed by atoms with E-state index in [-0.39, 0.29) is 11.9 Å². The Morgan fingerprint density at radius 3 is 2.73 bits per heavy atom. The number of carbonyl (C=O) groups is 2. The number of imidazole rings is 1. The van der Waals surface area contributed by atoms with Crippen LogP contribution in [0.5, 0.6) is 0 Å². The zero-order valence-electron chi connectivity index (χ0n) is 14.8. The molecular formula is C19H23N3O4. The van der Waals surface area contributed by atoms with Crippen LogP contribution < -0.4 is 0 Å². The van der Waals surface area contributed by atoms with Gasteiger partial charge in [-0.2, -0.15) is 0 Å². The molecule has 0 aliphatic carbocycles. The Kier molecular flexibility index (Phi) is 4.40. The maximum absolute atomic E-state index is 13.0. The van der Waals surface area contributed by atoms with Crippen molar-refractivity contribution in [1.82, 2.24) is 14.5 Å². The van der Waals surface area contributed by atoms with Crippen LogP contribution in [0, 0.1) is 0 Å². The number of ether oxygens (including phenoxy) is 1. The van der Waals surface area contributed by atoms with Crippen LogP contribution in [0.25, 0.3) is 11.0 Å². The van der Waals surface area contributed by atoms with Crippen molar-refractivity contribution in [2.45, 2.75) is 57.4 Å². The largest absolute Gasteiger partial charge is 0.479 e. The van der Waals surface area contributed by atoms with Gasteiger partial charge < -0.3 is 19.3 Å². The molecule has 2 saturated heterocycles. The second-order valence-electron chi connectivity index (χ2n) is 6.92. The number of aliphatic carboxylic acids is 1. The topological polar surface area (TPSA) is 84.7 Å². The van der Waals surface area contributed by atoms with Gasteiger partial charge in [-0.1, -0.05) is 12.1 Å². The first-order valence-electron chi connectivity index (χ1n) is 9.24. The van der Waals surface area contributed by atoms with Gasteiger partial charge in [0.05, 0.1) is 17.1 Å². The standard InChI is InChI=1S/C19H23N3O4/c1-2-21-13-7-4-3-6-12(13)20-17(21)14-8-5-11-22(14)18(23)15-9-10-16(26-15)19(24)25/h3-4,6-7,14-16H,2,5,8-11H2,1H3,(H,24,25)/t14?,15-,16+/m0/s1. The molecule has 2 fully saturated rings. The molecule has 7 heteroatoms. The van der Waals surface area contributed by atoms with Crippen LogP contribution in [0.2, 0.25) is 0 Å². The van der Waals surface area contributed by atoms with Crippen LogP contribution in [-0.4, -0.2) is 50.2 Å². The Balaban J connectivity index is 1.61. The lowest BCUT2D eigenvalue weighted by atomic mass is 10.1. The first-order valence-corrected chi connectivity index (χ1v) is 9.24. The van der Waals surface area contributed by atoms with Crippen molar-refractivity contribution >= 4 is 22.9 Å². The van der Waals surface area contributed by atoms with E-state index in [9.17, 15) is 9.59 Å². The highest BCUT2D eigenvalue weighted by molar-refractivity contribution is 5.83. The van der Waals surface area contributed by atoms with Gasteiger partial charge in [0.1, 0.15) is 11.9 Å². The molecule has 0 spiro atoms. The monoisotopic (exact) mass is 357 g/mol. The van der Waals surface area contributed by atoms with Crippen molar-refractivity contribution in [2.75, 3.05) is 6.54 Å². The number of benzene rings is 1. The average molecular weight is 357 g/mol. The molecule has 3 atom stereocenters. The van der Waals surface area contributed by atoms with Gasteiger partial charge in [-0.25, -0.2) is 9.78 Å². The predicted molar refractivity (Wildman–Crippen MR) is 94.6 cm³/mol. The summed E-state index contributed by atoms with van der Waals surface area (Å²) in [6, 6.07) is 7.92. The van der Waals surface area contributed by atoms with Crippen molar-refractivity contribution in [1.29, 1.82) is 0 Å². The van der Waals surface area contributed by atoms with Crippen molar-refractivity contribution in [3.63, 3.8) is 0 Å². The van der Waals surface area contributed by atoms with Gasteiger partial charge in [-0.15, -0.1) is 0 Å². The molecule has 26 heavy (non-hydrogen) atoms. The number of carboxylic acids is 1. The predicted octanol–water partition coefficient (Wildman–Crippen LogP) is 2.35. The molecule has 2 aliphatic heterocycles. The normalized spacial score (nSPS) is 25.9. The van der Waals surface area contributed by atoms with E-state index in [4.69, 9.17) is 14.8 Å². The molecule has 2 aliphatic rings. The van der Waals surface area contributed by atoms with E-state index in [2.05, 4.69) is 11.5 Å². The Labute approximate surface area is 151 Å². The summed E-state index contributed by atoms with van der Waals surface area (Å²) in [5, 5.41) is 9.09.